The lowest BCUT2D eigenvalue weighted by Crippen LogP contribution is -2.36. The van der Waals surface area contributed by atoms with Gasteiger partial charge in [0.25, 0.3) is 0 Å². The Hall–Kier alpha value is -0.610. The molecule has 0 unspecified atom stereocenters. The quantitative estimate of drug-likeness (QED) is 0.485. The van der Waals surface area contributed by atoms with Crippen molar-refractivity contribution in [2.75, 3.05) is 6.54 Å². The first kappa shape index (κ1) is 22.4. The van der Waals surface area contributed by atoms with E-state index in [4.69, 9.17) is 0 Å². The van der Waals surface area contributed by atoms with Crippen molar-refractivity contribution in [3.8, 4) is 0 Å². The monoisotopic (exact) mass is 355 g/mol. The molecule has 0 bridgehead atoms. The molecule has 1 fully saturated rings. The minimum atomic E-state index is -0.605. The van der Waals surface area contributed by atoms with Gasteiger partial charge in [-0.2, -0.15) is 0 Å². The zero-order chi connectivity index (χ0) is 18.7. The van der Waals surface area contributed by atoms with Gasteiger partial charge < -0.3 is 15.1 Å². The summed E-state index contributed by atoms with van der Waals surface area (Å²) in [5.74, 6) is -0.210. The van der Waals surface area contributed by atoms with Gasteiger partial charge in [0, 0.05) is 19.4 Å². The van der Waals surface area contributed by atoms with Crippen LogP contribution < -0.4 is 0 Å². The number of likely N-dealkylation sites (tertiary alicyclic amines) is 1. The molecular formula is C21H41NO3. The Morgan fingerprint density at radius 1 is 1.00 bits per heavy atom. The van der Waals surface area contributed by atoms with E-state index in [-0.39, 0.29) is 17.9 Å². The third-order valence-corrected chi connectivity index (χ3v) is 5.83. The summed E-state index contributed by atoms with van der Waals surface area (Å²) in [5.41, 5.74) is 0. The molecule has 0 aromatic rings. The summed E-state index contributed by atoms with van der Waals surface area (Å²) >= 11 is 0. The summed E-state index contributed by atoms with van der Waals surface area (Å²) in [6.07, 6.45) is 13.9. The SMILES string of the molecule is CCCCCCCCCCCCC[C@H](O)[C@@H]1CN(C(C)=O)[C@@H](C)[C@H]1O. The lowest BCUT2D eigenvalue weighted by molar-refractivity contribution is -0.130. The molecule has 0 saturated carbocycles. The third-order valence-electron chi connectivity index (χ3n) is 5.83. The first-order valence-corrected chi connectivity index (χ1v) is 10.6. The van der Waals surface area contributed by atoms with Crippen LogP contribution in [0.4, 0.5) is 0 Å². The van der Waals surface area contributed by atoms with E-state index >= 15 is 0 Å². The van der Waals surface area contributed by atoms with Crippen LogP contribution in [0.1, 0.15) is 97.8 Å². The maximum absolute atomic E-state index is 11.6. The highest BCUT2D eigenvalue weighted by molar-refractivity contribution is 5.74. The molecule has 4 atom stereocenters. The van der Waals surface area contributed by atoms with Gasteiger partial charge in [-0.25, -0.2) is 0 Å². The van der Waals surface area contributed by atoms with Crippen LogP contribution >= 0.6 is 0 Å². The molecule has 4 nitrogen and oxygen atoms in total. The van der Waals surface area contributed by atoms with E-state index < -0.39 is 12.2 Å². The molecule has 1 heterocycles. The number of unbranched alkanes of at least 4 members (excludes halogenated alkanes) is 10. The largest absolute Gasteiger partial charge is 0.393 e. The number of carbonyl (C=O) groups excluding carboxylic acids is 1. The minimum absolute atomic E-state index is 0.0176. The average Bonchev–Trinajstić information content (AvgIpc) is 2.88. The van der Waals surface area contributed by atoms with Crippen molar-refractivity contribution in [3.63, 3.8) is 0 Å². The number of rotatable bonds is 13. The molecule has 0 aromatic carbocycles. The maximum Gasteiger partial charge on any atom is 0.219 e. The van der Waals surface area contributed by atoms with Crippen LogP contribution in [-0.4, -0.2) is 45.8 Å². The Morgan fingerprint density at radius 2 is 1.48 bits per heavy atom. The van der Waals surface area contributed by atoms with Crippen LogP contribution in [0.3, 0.4) is 0 Å². The van der Waals surface area contributed by atoms with Gasteiger partial charge in [-0.05, 0) is 13.3 Å². The summed E-state index contributed by atoms with van der Waals surface area (Å²) in [4.78, 5) is 13.2. The van der Waals surface area contributed by atoms with E-state index in [0.29, 0.717) is 6.54 Å². The predicted octanol–water partition coefficient (Wildman–Crippen LogP) is 4.28. The van der Waals surface area contributed by atoms with E-state index in [1.807, 2.05) is 6.92 Å². The van der Waals surface area contributed by atoms with Crippen molar-refractivity contribution >= 4 is 5.91 Å². The van der Waals surface area contributed by atoms with Crippen molar-refractivity contribution in [1.82, 2.24) is 4.90 Å². The topological polar surface area (TPSA) is 60.8 Å². The normalized spacial score (nSPS) is 24.7. The zero-order valence-corrected chi connectivity index (χ0v) is 16.8. The fourth-order valence-electron chi connectivity index (χ4n) is 4.04. The van der Waals surface area contributed by atoms with Gasteiger partial charge in [-0.15, -0.1) is 0 Å². The second-order valence-electron chi connectivity index (χ2n) is 7.96. The lowest BCUT2D eigenvalue weighted by Gasteiger charge is -2.21. The van der Waals surface area contributed by atoms with E-state index in [2.05, 4.69) is 6.92 Å². The molecule has 148 valence electrons. The predicted molar refractivity (Wildman–Crippen MR) is 103 cm³/mol. The summed E-state index contributed by atoms with van der Waals surface area (Å²) in [7, 11) is 0. The van der Waals surface area contributed by atoms with Crippen molar-refractivity contribution in [2.45, 2.75) is 116 Å². The second kappa shape index (κ2) is 12.7. The number of aliphatic hydroxyl groups excluding tert-OH is 2. The molecule has 0 radical (unpaired) electrons. The van der Waals surface area contributed by atoms with E-state index in [9.17, 15) is 15.0 Å². The standard InChI is InChI=1S/C21H41NO3/c1-4-5-6-7-8-9-10-11-12-13-14-15-20(24)19-16-22(18(3)23)17(2)21(19)25/h17,19-21,24-25H,4-16H2,1-3H3/t17-,19-,20-,21+/m0/s1. The molecule has 25 heavy (non-hydrogen) atoms. The van der Waals surface area contributed by atoms with Crippen LogP contribution in [0, 0.1) is 5.92 Å². The van der Waals surface area contributed by atoms with Crippen LogP contribution in [0.5, 0.6) is 0 Å². The van der Waals surface area contributed by atoms with Crippen molar-refractivity contribution in [3.05, 3.63) is 0 Å². The minimum Gasteiger partial charge on any atom is -0.393 e. The number of hydrogen-bond donors (Lipinski definition) is 2. The van der Waals surface area contributed by atoms with Crippen molar-refractivity contribution in [1.29, 1.82) is 0 Å². The number of amides is 1. The number of aliphatic hydroxyl groups is 2. The molecule has 0 aromatic heterocycles. The summed E-state index contributed by atoms with van der Waals surface area (Å²) in [6, 6.07) is -0.186. The molecule has 1 aliphatic heterocycles. The average molecular weight is 356 g/mol. The Labute approximate surface area is 155 Å². The number of carbonyl (C=O) groups is 1. The first-order chi connectivity index (χ1) is 12.0. The summed E-state index contributed by atoms with van der Waals surface area (Å²) in [5, 5.41) is 20.7. The Kier molecular flexibility index (Phi) is 11.4. The second-order valence-corrected chi connectivity index (χ2v) is 7.96. The fourth-order valence-corrected chi connectivity index (χ4v) is 4.04. The van der Waals surface area contributed by atoms with E-state index in [1.165, 1.54) is 64.7 Å². The summed E-state index contributed by atoms with van der Waals surface area (Å²) < 4.78 is 0. The zero-order valence-electron chi connectivity index (χ0n) is 16.8. The molecular weight excluding hydrogens is 314 g/mol. The molecule has 1 rings (SSSR count). The van der Waals surface area contributed by atoms with Gasteiger partial charge in [0.15, 0.2) is 0 Å². The third kappa shape index (κ3) is 8.08. The maximum atomic E-state index is 11.6. The number of nitrogens with zero attached hydrogens (tertiary/aromatic N) is 1. The first-order valence-electron chi connectivity index (χ1n) is 10.6. The van der Waals surface area contributed by atoms with Crippen LogP contribution in [-0.2, 0) is 4.79 Å². The molecule has 0 aliphatic carbocycles. The highest BCUT2D eigenvalue weighted by Gasteiger charge is 2.42. The van der Waals surface area contributed by atoms with Gasteiger partial charge in [-0.3, -0.25) is 4.79 Å². The Balaban J connectivity index is 2.04. The highest BCUT2D eigenvalue weighted by atomic mass is 16.3. The van der Waals surface area contributed by atoms with Crippen LogP contribution in [0.25, 0.3) is 0 Å². The van der Waals surface area contributed by atoms with Crippen LogP contribution in [0.2, 0.25) is 0 Å². The van der Waals surface area contributed by atoms with Gasteiger partial charge in [0.05, 0.1) is 18.2 Å². The van der Waals surface area contributed by atoms with Crippen molar-refractivity contribution < 1.29 is 15.0 Å². The Bertz CT molecular complexity index is 361. The fraction of sp³-hybridized carbons (Fsp3) is 0.952. The van der Waals surface area contributed by atoms with E-state index in [0.717, 1.165) is 19.3 Å². The highest BCUT2D eigenvalue weighted by Crippen LogP contribution is 2.28. The van der Waals surface area contributed by atoms with Crippen LogP contribution in [0.15, 0.2) is 0 Å². The molecule has 1 amide bonds. The molecule has 0 spiro atoms. The molecule has 1 aliphatic rings. The molecule has 1 saturated heterocycles. The number of hydrogen-bond acceptors (Lipinski definition) is 3. The van der Waals surface area contributed by atoms with Gasteiger partial charge in [0.2, 0.25) is 5.91 Å². The van der Waals surface area contributed by atoms with Crippen molar-refractivity contribution in [2.24, 2.45) is 5.92 Å². The molecule has 4 heteroatoms. The Morgan fingerprint density at radius 3 is 1.92 bits per heavy atom. The smallest absolute Gasteiger partial charge is 0.219 e. The summed E-state index contributed by atoms with van der Waals surface area (Å²) in [6.45, 7) is 6.13. The van der Waals surface area contributed by atoms with Gasteiger partial charge in [-0.1, -0.05) is 77.6 Å². The van der Waals surface area contributed by atoms with E-state index in [1.54, 1.807) is 4.90 Å². The van der Waals surface area contributed by atoms with Gasteiger partial charge >= 0.3 is 0 Å². The van der Waals surface area contributed by atoms with Gasteiger partial charge in [0.1, 0.15) is 0 Å². The lowest BCUT2D eigenvalue weighted by atomic mass is 9.92. The molecule has 2 N–H and O–H groups in total.